The van der Waals surface area contributed by atoms with E-state index >= 15 is 0 Å². The lowest BCUT2D eigenvalue weighted by Gasteiger charge is -2.17. The number of likely N-dealkylation sites (N-methyl/N-ethyl adjacent to an activating group) is 1. The van der Waals surface area contributed by atoms with E-state index < -0.39 is 11.6 Å². The predicted octanol–water partition coefficient (Wildman–Crippen LogP) is 1.91. The largest absolute Gasteiger partial charge is 0.481 e. The molecule has 0 spiro atoms. The molecule has 0 aliphatic carbocycles. The third kappa shape index (κ3) is 4.76. The Hall–Kier alpha value is -1.21. The molecule has 1 rings (SSSR count). The maximum atomic E-state index is 13.4. The number of hydrogen-bond donors (Lipinski definition) is 1. The van der Waals surface area contributed by atoms with Crippen LogP contribution in [0.2, 0.25) is 0 Å². The Labute approximate surface area is 118 Å². The molecule has 0 heterocycles. The molecule has 7 heteroatoms. The van der Waals surface area contributed by atoms with Crippen molar-refractivity contribution >= 4 is 21.8 Å². The van der Waals surface area contributed by atoms with Crippen LogP contribution in [-0.4, -0.2) is 37.6 Å². The number of carbonyl (C=O) groups excluding carboxylic acids is 1. The van der Waals surface area contributed by atoms with E-state index in [1.165, 1.54) is 11.0 Å². The molecule has 4 nitrogen and oxygen atoms in total. The highest BCUT2D eigenvalue weighted by Gasteiger charge is 2.14. The molecule has 0 bridgehead atoms. The van der Waals surface area contributed by atoms with Gasteiger partial charge >= 0.3 is 0 Å². The highest BCUT2D eigenvalue weighted by molar-refractivity contribution is 9.10. The summed E-state index contributed by atoms with van der Waals surface area (Å²) < 4.78 is 31.8. The molecule has 0 fully saturated rings. The van der Waals surface area contributed by atoms with Gasteiger partial charge in [0.2, 0.25) is 5.82 Å². The highest BCUT2D eigenvalue weighted by Crippen LogP contribution is 2.25. The Balaban J connectivity index is 2.59. The van der Waals surface area contributed by atoms with Crippen LogP contribution in [0, 0.1) is 11.6 Å². The van der Waals surface area contributed by atoms with Crippen molar-refractivity contribution in [3.8, 4) is 5.75 Å². The average Bonchev–Trinajstić information content (AvgIpc) is 2.37. The average molecular weight is 337 g/mol. The molecule has 106 valence electrons. The zero-order valence-corrected chi connectivity index (χ0v) is 12.0. The van der Waals surface area contributed by atoms with E-state index in [-0.39, 0.29) is 18.3 Å². The first-order valence-corrected chi connectivity index (χ1v) is 6.46. The Morgan fingerprint density at radius 1 is 1.47 bits per heavy atom. The fourth-order valence-electron chi connectivity index (χ4n) is 1.34. The lowest BCUT2D eigenvalue weighted by molar-refractivity contribution is -0.132. The first kappa shape index (κ1) is 15.8. The van der Waals surface area contributed by atoms with Crippen molar-refractivity contribution in [2.75, 3.05) is 26.7 Å². The third-order valence-corrected chi connectivity index (χ3v) is 2.89. The minimum Gasteiger partial charge on any atom is -0.481 e. The highest BCUT2D eigenvalue weighted by atomic mass is 79.9. The lowest BCUT2D eigenvalue weighted by Crippen LogP contribution is -2.33. The summed E-state index contributed by atoms with van der Waals surface area (Å²) in [6, 6.07) is 2.25. The van der Waals surface area contributed by atoms with Crippen LogP contribution < -0.4 is 10.5 Å². The number of hydrogen-bond acceptors (Lipinski definition) is 3. The van der Waals surface area contributed by atoms with E-state index in [1.807, 2.05) is 0 Å². The first-order chi connectivity index (χ1) is 8.95. The SMILES string of the molecule is CN(CCCN)C(=O)COc1cc(Br)cc(F)c1F. The van der Waals surface area contributed by atoms with Crippen molar-refractivity contribution in [3.05, 3.63) is 28.2 Å². The Bertz CT molecular complexity index is 458. The van der Waals surface area contributed by atoms with Crippen LogP contribution in [0.1, 0.15) is 6.42 Å². The van der Waals surface area contributed by atoms with E-state index in [0.29, 0.717) is 24.0 Å². The summed E-state index contributed by atoms with van der Waals surface area (Å²) in [7, 11) is 1.60. The van der Waals surface area contributed by atoms with Gasteiger partial charge in [0.15, 0.2) is 18.2 Å². The van der Waals surface area contributed by atoms with E-state index in [1.54, 1.807) is 7.05 Å². The second kappa shape index (κ2) is 7.40. The van der Waals surface area contributed by atoms with Gasteiger partial charge in [-0.15, -0.1) is 0 Å². The molecular formula is C12H15BrF2N2O2. The molecule has 0 aliphatic rings. The lowest BCUT2D eigenvalue weighted by atomic mass is 10.3. The summed E-state index contributed by atoms with van der Waals surface area (Å²) in [4.78, 5) is 13.1. The van der Waals surface area contributed by atoms with Crippen molar-refractivity contribution in [1.82, 2.24) is 4.90 Å². The number of amides is 1. The number of rotatable bonds is 6. The van der Waals surface area contributed by atoms with Crippen LogP contribution >= 0.6 is 15.9 Å². The fourth-order valence-corrected chi connectivity index (χ4v) is 1.75. The summed E-state index contributed by atoms with van der Waals surface area (Å²) in [5.41, 5.74) is 5.33. The quantitative estimate of drug-likeness (QED) is 0.807. The molecule has 1 amide bonds. The summed E-state index contributed by atoms with van der Waals surface area (Å²) in [6.07, 6.45) is 0.669. The zero-order valence-electron chi connectivity index (χ0n) is 10.5. The topological polar surface area (TPSA) is 55.6 Å². The number of nitrogens with zero attached hydrogens (tertiary/aromatic N) is 1. The minimum atomic E-state index is -1.11. The van der Waals surface area contributed by atoms with Gasteiger partial charge in [-0.2, -0.15) is 4.39 Å². The molecule has 0 saturated heterocycles. The van der Waals surface area contributed by atoms with Crippen molar-refractivity contribution in [2.45, 2.75) is 6.42 Å². The molecule has 0 aromatic heterocycles. The zero-order chi connectivity index (χ0) is 14.4. The Morgan fingerprint density at radius 2 is 2.16 bits per heavy atom. The Morgan fingerprint density at radius 3 is 2.79 bits per heavy atom. The van der Waals surface area contributed by atoms with Gasteiger partial charge in [0.25, 0.3) is 5.91 Å². The molecule has 19 heavy (non-hydrogen) atoms. The molecule has 0 atom stereocenters. The summed E-state index contributed by atoms with van der Waals surface area (Å²) in [6.45, 7) is 0.617. The predicted molar refractivity (Wildman–Crippen MR) is 70.9 cm³/mol. The van der Waals surface area contributed by atoms with Gasteiger partial charge in [0, 0.05) is 18.1 Å². The standard InChI is InChI=1S/C12H15BrF2N2O2/c1-17(4-2-3-16)11(18)7-19-10-6-8(13)5-9(14)12(10)15/h5-6H,2-4,7,16H2,1H3. The van der Waals surface area contributed by atoms with Gasteiger partial charge < -0.3 is 15.4 Å². The minimum absolute atomic E-state index is 0.299. The molecule has 1 aromatic carbocycles. The second-order valence-corrected chi connectivity index (χ2v) is 4.86. The molecular weight excluding hydrogens is 322 g/mol. The molecule has 0 unspecified atom stereocenters. The van der Waals surface area contributed by atoms with Crippen molar-refractivity contribution in [1.29, 1.82) is 0 Å². The van der Waals surface area contributed by atoms with Gasteiger partial charge in [-0.25, -0.2) is 4.39 Å². The van der Waals surface area contributed by atoms with Crippen molar-refractivity contribution in [3.63, 3.8) is 0 Å². The van der Waals surface area contributed by atoms with Crippen LogP contribution in [0.15, 0.2) is 16.6 Å². The third-order valence-electron chi connectivity index (χ3n) is 2.43. The molecule has 1 aromatic rings. The van der Waals surface area contributed by atoms with Gasteiger partial charge in [-0.05, 0) is 25.1 Å². The maximum Gasteiger partial charge on any atom is 0.260 e. The fraction of sp³-hybridized carbons (Fsp3) is 0.417. The van der Waals surface area contributed by atoms with Crippen LogP contribution in [-0.2, 0) is 4.79 Å². The van der Waals surface area contributed by atoms with E-state index in [4.69, 9.17) is 10.5 Å². The molecule has 0 saturated carbocycles. The second-order valence-electron chi connectivity index (χ2n) is 3.95. The number of nitrogens with two attached hydrogens (primary N) is 1. The van der Waals surface area contributed by atoms with Gasteiger partial charge in [-0.3, -0.25) is 4.79 Å². The molecule has 2 N–H and O–H groups in total. The first-order valence-electron chi connectivity index (χ1n) is 5.67. The van der Waals surface area contributed by atoms with Crippen molar-refractivity contribution in [2.24, 2.45) is 5.73 Å². The molecule has 0 aliphatic heterocycles. The monoisotopic (exact) mass is 336 g/mol. The van der Waals surface area contributed by atoms with Crippen LogP contribution in [0.3, 0.4) is 0 Å². The van der Waals surface area contributed by atoms with E-state index in [2.05, 4.69) is 15.9 Å². The normalized spacial score (nSPS) is 10.4. The van der Waals surface area contributed by atoms with Crippen LogP contribution in [0.5, 0.6) is 5.75 Å². The van der Waals surface area contributed by atoms with Gasteiger partial charge in [0.1, 0.15) is 0 Å². The van der Waals surface area contributed by atoms with Crippen LogP contribution in [0.25, 0.3) is 0 Å². The van der Waals surface area contributed by atoms with Gasteiger partial charge in [-0.1, -0.05) is 15.9 Å². The smallest absolute Gasteiger partial charge is 0.260 e. The van der Waals surface area contributed by atoms with Gasteiger partial charge in [0.05, 0.1) is 0 Å². The summed E-state index contributed by atoms with van der Waals surface area (Å²) >= 11 is 3.02. The van der Waals surface area contributed by atoms with E-state index in [9.17, 15) is 13.6 Å². The maximum absolute atomic E-state index is 13.4. The van der Waals surface area contributed by atoms with Crippen molar-refractivity contribution < 1.29 is 18.3 Å². The van der Waals surface area contributed by atoms with E-state index in [0.717, 1.165) is 6.07 Å². The van der Waals surface area contributed by atoms with Crippen LogP contribution in [0.4, 0.5) is 8.78 Å². The molecule has 0 radical (unpaired) electrons. The number of halogens is 3. The number of benzene rings is 1. The Kier molecular flexibility index (Phi) is 6.17. The summed E-state index contributed by atoms with van der Waals surface area (Å²) in [5, 5.41) is 0. The number of ether oxygens (including phenoxy) is 1. The number of carbonyl (C=O) groups is 1. The summed E-state index contributed by atoms with van der Waals surface area (Å²) in [5.74, 6) is -2.77.